The Morgan fingerprint density at radius 1 is 1.33 bits per heavy atom. The lowest BCUT2D eigenvalue weighted by Crippen LogP contribution is -2.57. The molecule has 7 nitrogen and oxygen atoms in total. The molecular formula is C17H29N5O2. The molecule has 1 aliphatic carbocycles. The predicted octanol–water partition coefficient (Wildman–Crippen LogP) is 1.18. The van der Waals surface area contributed by atoms with Gasteiger partial charge in [-0.25, -0.2) is 0 Å². The molecule has 2 heterocycles. The number of aromatic nitrogens is 2. The van der Waals surface area contributed by atoms with Gasteiger partial charge in [-0.05, 0) is 19.8 Å². The van der Waals surface area contributed by atoms with Crippen molar-refractivity contribution in [1.82, 2.24) is 19.9 Å². The van der Waals surface area contributed by atoms with Crippen molar-refractivity contribution >= 4 is 5.91 Å². The first-order chi connectivity index (χ1) is 11.5. The summed E-state index contributed by atoms with van der Waals surface area (Å²) in [5.74, 6) is 1.63. The van der Waals surface area contributed by atoms with Gasteiger partial charge in [0.2, 0.25) is 11.8 Å². The molecule has 0 spiro atoms. The lowest BCUT2D eigenvalue weighted by atomic mass is 9.74. The van der Waals surface area contributed by atoms with Crippen molar-refractivity contribution in [2.75, 3.05) is 26.2 Å². The second-order valence-electron chi connectivity index (χ2n) is 7.36. The van der Waals surface area contributed by atoms with Crippen LogP contribution in [-0.4, -0.2) is 57.6 Å². The van der Waals surface area contributed by atoms with Crippen LogP contribution in [0, 0.1) is 5.92 Å². The molecule has 0 radical (unpaired) electrons. The van der Waals surface area contributed by atoms with E-state index >= 15 is 0 Å². The molecule has 2 fully saturated rings. The number of carbonyl (C=O) groups is 1. The lowest BCUT2D eigenvalue weighted by Gasteiger charge is -2.42. The summed E-state index contributed by atoms with van der Waals surface area (Å²) in [5.41, 5.74) is 6.04. The molecule has 2 unspecified atom stereocenters. The summed E-state index contributed by atoms with van der Waals surface area (Å²) in [5, 5.41) is 4.00. The van der Waals surface area contributed by atoms with Gasteiger partial charge in [0.05, 0.1) is 12.5 Å². The van der Waals surface area contributed by atoms with Crippen LogP contribution in [0.25, 0.3) is 0 Å². The highest BCUT2D eigenvalue weighted by atomic mass is 16.5. The monoisotopic (exact) mass is 335 g/mol. The Hall–Kier alpha value is -1.47. The third-order valence-electron chi connectivity index (χ3n) is 5.41. The Labute approximate surface area is 143 Å². The number of rotatable bonds is 4. The van der Waals surface area contributed by atoms with E-state index in [2.05, 4.69) is 15.0 Å². The number of nitrogens with two attached hydrogens (primary N) is 1. The van der Waals surface area contributed by atoms with Crippen LogP contribution in [0.4, 0.5) is 0 Å². The van der Waals surface area contributed by atoms with Crippen LogP contribution >= 0.6 is 0 Å². The zero-order chi connectivity index (χ0) is 17.2. The minimum absolute atomic E-state index is 0.0258. The summed E-state index contributed by atoms with van der Waals surface area (Å²) < 4.78 is 5.15. The van der Waals surface area contributed by atoms with Gasteiger partial charge in [0.25, 0.3) is 0 Å². The van der Waals surface area contributed by atoms with E-state index in [1.165, 1.54) is 0 Å². The summed E-state index contributed by atoms with van der Waals surface area (Å²) in [6.07, 6.45) is 4.87. The molecule has 7 heteroatoms. The maximum Gasteiger partial charge on any atom is 0.227 e. The van der Waals surface area contributed by atoms with Gasteiger partial charge in [-0.3, -0.25) is 9.69 Å². The fourth-order valence-corrected chi connectivity index (χ4v) is 3.81. The molecular weight excluding hydrogens is 306 g/mol. The number of hydrogen-bond donors (Lipinski definition) is 1. The quantitative estimate of drug-likeness (QED) is 0.889. The van der Waals surface area contributed by atoms with Crippen LogP contribution in [0.1, 0.15) is 51.2 Å². The second kappa shape index (κ2) is 7.19. The molecule has 1 saturated carbocycles. The molecule has 3 rings (SSSR count). The highest BCUT2D eigenvalue weighted by Gasteiger charge is 2.40. The first kappa shape index (κ1) is 17.4. The number of aryl methyl sites for hydroxylation is 1. The summed E-state index contributed by atoms with van der Waals surface area (Å²) in [6, 6.07) is 0. The molecule has 1 aromatic rings. The van der Waals surface area contributed by atoms with Gasteiger partial charge >= 0.3 is 0 Å². The Morgan fingerprint density at radius 3 is 2.71 bits per heavy atom. The van der Waals surface area contributed by atoms with Crippen molar-refractivity contribution in [3.05, 3.63) is 11.7 Å². The van der Waals surface area contributed by atoms with E-state index < -0.39 is 0 Å². The van der Waals surface area contributed by atoms with E-state index in [0.29, 0.717) is 12.4 Å². The van der Waals surface area contributed by atoms with Crippen LogP contribution in [0.15, 0.2) is 4.52 Å². The number of carbonyl (C=O) groups excluding carboxylic acids is 1. The lowest BCUT2D eigenvalue weighted by molar-refractivity contribution is -0.140. The van der Waals surface area contributed by atoms with Crippen molar-refractivity contribution in [1.29, 1.82) is 0 Å². The Morgan fingerprint density at radius 2 is 2.08 bits per heavy atom. The SMILES string of the molecule is CCc1nc(CN2CCN(C(=O)C3CCCCC3(C)N)CC2)no1. The second-order valence-corrected chi connectivity index (χ2v) is 7.36. The van der Waals surface area contributed by atoms with Crippen LogP contribution in [0.5, 0.6) is 0 Å². The van der Waals surface area contributed by atoms with E-state index in [-0.39, 0.29) is 17.4 Å². The van der Waals surface area contributed by atoms with E-state index in [4.69, 9.17) is 10.3 Å². The average molecular weight is 335 g/mol. The van der Waals surface area contributed by atoms with Gasteiger partial charge in [0, 0.05) is 38.1 Å². The maximum atomic E-state index is 12.9. The minimum Gasteiger partial charge on any atom is -0.340 e. The molecule has 1 aromatic heterocycles. The van der Waals surface area contributed by atoms with Gasteiger partial charge in [-0.2, -0.15) is 4.98 Å². The van der Waals surface area contributed by atoms with Crippen molar-refractivity contribution in [2.24, 2.45) is 11.7 Å². The van der Waals surface area contributed by atoms with E-state index in [1.807, 2.05) is 18.7 Å². The average Bonchev–Trinajstić information content (AvgIpc) is 3.02. The highest BCUT2D eigenvalue weighted by Crippen LogP contribution is 2.33. The third-order valence-corrected chi connectivity index (χ3v) is 5.41. The zero-order valence-electron chi connectivity index (χ0n) is 14.8. The predicted molar refractivity (Wildman–Crippen MR) is 90.1 cm³/mol. The summed E-state index contributed by atoms with van der Waals surface area (Å²) in [4.78, 5) is 21.5. The van der Waals surface area contributed by atoms with E-state index in [0.717, 1.165) is 64.1 Å². The Balaban J connectivity index is 1.52. The Kier molecular flexibility index (Phi) is 5.20. The smallest absolute Gasteiger partial charge is 0.227 e. The molecule has 1 saturated heterocycles. The van der Waals surface area contributed by atoms with E-state index in [9.17, 15) is 4.79 Å². The standard InChI is InChI=1S/C17H29N5O2/c1-3-15-19-14(20-24-15)12-21-8-10-22(11-9-21)16(23)13-6-4-5-7-17(13,2)18/h13H,3-12,18H2,1-2H3. The first-order valence-corrected chi connectivity index (χ1v) is 9.11. The highest BCUT2D eigenvalue weighted by molar-refractivity contribution is 5.80. The first-order valence-electron chi connectivity index (χ1n) is 9.11. The molecule has 1 aliphatic heterocycles. The number of piperazine rings is 1. The van der Waals surface area contributed by atoms with Gasteiger partial charge in [-0.15, -0.1) is 0 Å². The van der Waals surface area contributed by atoms with Crippen LogP contribution in [-0.2, 0) is 17.8 Å². The van der Waals surface area contributed by atoms with Crippen molar-refractivity contribution in [2.45, 2.75) is 58.0 Å². The molecule has 2 atom stereocenters. The summed E-state index contributed by atoms with van der Waals surface area (Å²) in [7, 11) is 0. The normalized spacial score (nSPS) is 29.0. The van der Waals surface area contributed by atoms with Crippen molar-refractivity contribution in [3.8, 4) is 0 Å². The number of amides is 1. The zero-order valence-corrected chi connectivity index (χ0v) is 14.8. The van der Waals surface area contributed by atoms with Crippen LogP contribution < -0.4 is 5.73 Å². The minimum atomic E-state index is -0.354. The molecule has 0 aromatic carbocycles. The van der Waals surface area contributed by atoms with E-state index in [1.54, 1.807) is 0 Å². The van der Waals surface area contributed by atoms with Gasteiger partial charge in [-0.1, -0.05) is 24.9 Å². The summed E-state index contributed by atoms with van der Waals surface area (Å²) >= 11 is 0. The molecule has 134 valence electrons. The molecule has 24 heavy (non-hydrogen) atoms. The van der Waals surface area contributed by atoms with Gasteiger partial charge in [0.1, 0.15) is 0 Å². The number of hydrogen-bond acceptors (Lipinski definition) is 6. The van der Waals surface area contributed by atoms with Crippen LogP contribution in [0.3, 0.4) is 0 Å². The van der Waals surface area contributed by atoms with Gasteiger partial charge < -0.3 is 15.2 Å². The molecule has 2 aliphatic rings. The maximum absolute atomic E-state index is 12.9. The fourth-order valence-electron chi connectivity index (χ4n) is 3.81. The fraction of sp³-hybridized carbons (Fsp3) is 0.824. The molecule has 1 amide bonds. The van der Waals surface area contributed by atoms with Gasteiger partial charge in [0.15, 0.2) is 5.82 Å². The number of nitrogens with zero attached hydrogens (tertiary/aromatic N) is 4. The Bertz CT molecular complexity index is 563. The molecule has 2 N–H and O–H groups in total. The summed E-state index contributed by atoms with van der Waals surface area (Å²) in [6.45, 7) is 7.91. The third kappa shape index (κ3) is 3.78. The van der Waals surface area contributed by atoms with Crippen molar-refractivity contribution in [3.63, 3.8) is 0 Å². The van der Waals surface area contributed by atoms with Crippen molar-refractivity contribution < 1.29 is 9.32 Å². The topological polar surface area (TPSA) is 88.5 Å². The molecule has 0 bridgehead atoms. The largest absolute Gasteiger partial charge is 0.340 e. The van der Waals surface area contributed by atoms with Crippen LogP contribution in [0.2, 0.25) is 0 Å².